The fourth-order valence-corrected chi connectivity index (χ4v) is 3.79. The highest BCUT2D eigenvalue weighted by Gasteiger charge is 2.24. The van der Waals surface area contributed by atoms with Gasteiger partial charge < -0.3 is 16.0 Å². The van der Waals surface area contributed by atoms with Crippen molar-refractivity contribution >= 4 is 23.2 Å². The van der Waals surface area contributed by atoms with E-state index in [9.17, 15) is 4.79 Å². The van der Waals surface area contributed by atoms with Crippen LogP contribution in [0.15, 0.2) is 22.5 Å². The first kappa shape index (κ1) is 19.7. The zero-order valence-electron chi connectivity index (χ0n) is 15.5. The maximum Gasteiger partial charge on any atom is 0.222 e. The number of nitrogens with zero attached hydrogens (tertiary/aromatic N) is 2. The normalized spacial score (nSPS) is 16.9. The Labute approximate surface area is 155 Å². The third kappa shape index (κ3) is 6.32. The molecular formula is C18H31N5OS. The Kier molecular flexibility index (Phi) is 8.21. The topological polar surface area (TPSA) is 68.8 Å². The van der Waals surface area contributed by atoms with Gasteiger partial charge in [0.05, 0.1) is 6.04 Å². The molecule has 0 saturated carbocycles. The molecule has 1 aliphatic rings. The Bertz CT molecular complexity index is 538. The van der Waals surface area contributed by atoms with Gasteiger partial charge in [0.25, 0.3) is 0 Å². The SMILES string of the molecule is CN=C(NCCNC(=O)C(C)C)NCC(c1cccs1)N1CCCC1. The second kappa shape index (κ2) is 10.4. The molecule has 1 fully saturated rings. The van der Waals surface area contributed by atoms with Gasteiger partial charge in [-0.2, -0.15) is 0 Å². The molecule has 25 heavy (non-hydrogen) atoms. The standard InChI is InChI=1S/C18H31N5OS/c1-14(2)17(24)20-8-9-21-18(19-3)22-13-15(16-7-6-12-25-16)23-10-4-5-11-23/h6-7,12,14-15H,4-5,8-11,13H2,1-3H3,(H,20,24)(H2,19,21,22). The minimum Gasteiger partial charge on any atom is -0.355 e. The number of rotatable bonds is 8. The van der Waals surface area contributed by atoms with E-state index in [-0.39, 0.29) is 11.8 Å². The van der Waals surface area contributed by atoms with Gasteiger partial charge >= 0.3 is 0 Å². The van der Waals surface area contributed by atoms with Crippen LogP contribution in [0, 0.1) is 5.92 Å². The minimum absolute atomic E-state index is 0.0180. The number of carbonyl (C=O) groups is 1. The summed E-state index contributed by atoms with van der Waals surface area (Å²) in [4.78, 5) is 19.8. The van der Waals surface area contributed by atoms with Crippen LogP contribution in [0.5, 0.6) is 0 Å². The number of hydrogen-bond acceptors (Lipinski definition) is 4. The predicted octanol–water partition coefficient (Wildman–Crippen LogP) is 1.82. The molecule has 1 unspecified atom stereocenters. The number of nitrogens with one attached hydrogen (secondary N) is 3. The number of likely N-dealkylation sites (tertiary alicyclic amines) is 1. The number of thiophene rings is 1. The lowest BCUT2D eigenvalue weighted by Gasteiger charge is -2.27. The Morgan fingerprint density at radius 2 is 1.96 bits per heavy atom. The summed E-state index contributed by atoms with van der Waals surface area (Å²) >= 11 is 1.82. The van der Waals surface area contributed by atoms with Crippen molar-refractivity contribution in [1.29, 1.82) is 0 Å². The average molecular weight is 366 g/mol. The number of guanidine groups is 1. The number of amides is 1. The molecular weight excluding hydrogens is 334 g/mol. The molecule has 2 heterocycles. The van der Waals surface area contributed by atoms with Crippen molar-refractivity contribution in [3.05, 3.63) is 22.4 Å². The van der Waals surface area contributed by atoms with Gasteiger partial charge in [-0.25, -0.2) is 0 Å². The molecule has 1 atom stereocenters. The number of hydrogen-bond donors (Lipinski definition) is 3. The zero-order chi connectivity index (χ0) is 18.1. The van der Waals surface area contributed by atoms with E-state index in [2.05, 4.69) is 43.4 Å². The van der Waals surface area contributed by atoms with Crippen molar-refractivity contribution in [2.45, 2.75) is 32.7 Å². The average Bonchev–Trinajstić information content (AvgIpc) is 3.30. The van der Waals surface area contributed by atoms with Crippen LogP contribution in [0.25, 0.3) is 0 Å². The predicted molar refractivity (Wildman–Crippen MR) is 105 cm³/mol. The molecule has 0 aliphatic carbocycles. The van der Waals surface area contributed by atoms with Gasteiger partial charge in [-0.15, -0.1) is 11.3 Å². The van der Waals surface area contributed by atoms with Crippen LogP contribution in [0.1, 0.15) is 37.6 Å². The number of aliphatic imine (C=N–C) groups is 1. The van der Waals surface area contributed by atoms with Crippen molar-refractivity contribution in [3.63, 3.8) is 0 Å². The summed E-state index contributed by atoms with van der Waals surface area (Å²) < 4.78 is 0. The van der Waals surface area contributed by atoms with Gasteiger partial charge in [0.2, 0.25) is 5.91 Å². The quantitative estimate of drug-likeness (QED) is 0.373. The molecule has 0 aromatic carbocycles. The Hall–Kier alpha value is -1.60. The van der Waals surface area contributed by atoms with Crippen LogP contribution in [0.2, 0.25) is 0 Å². The summed E-state index contributed by atoms with van der Waals surface area (Å²) in [6.45, 7) is 8.20. The third-order valence-electron chi connectivity index (χ3n) is 4.38. The van der Waals surface area contributed by atoms with Gasteiger partial charge in [-0.1, -0.05) is 19.9 Å². The monoisotopic (exact) mass is 365 g/mol. The molecule has 6 nitrogen and oxygen atoms in total. The third-order valence-corrected chi connectivity index (χ3v) is 5.35. The molecule has 7 heteroatoms. The maximum atomic E-state index is 11.6. The van der Waals surface area contributed by atoms with E-state index in [1.807, 2.05) is 25.2 Å². The van der Waals surface area contributed by atoms with Crippen molar-refractivity contribution in [2.75, 3.05) is 39.8 Å². The number of carbonyl (C=O) groups excluding carboxylic acids is 1. The van der Waals surface area contributed by atoms with E-state index >= 15 is 0 Å². The second-order valence-corrected chi connectivity index (χ2v) is 7.58. The van der Waals surface area contributed by atoms with Crippen molar-refractivity contribution < 1.29 is 4.79 Å². The summed E-state index contributed by atoms with van der Waals surface area (Å²) in [5.41, 5.74) is 0. The molecule has 1 aromatic heterocycles. The zero-order valence-corrected chi connectivity index (χ0v) is 16.4. The first-order valence-electron chi connectivity index (χ1n) is 9.11. The van der Waals surface area contributed by atoms with Crippen LogP contribution in [0.4, 0.5) is 0 Å². The highest BCUT2D eigenvalue weighted by molar-refractivity contribution is 7.10. The van der Waals surface area contributed by atoms with Crippen LogP contribution in [0.3, 0.4) is 0 Å². The molecule has 0 spiro atoms. The van der Waals surface area contributed by atoms with Crippen LogP contribution < -0.4 is 16.0 Å². The smallest absolute Gasteiger partial charge is 0.222 e. The largest absolute Gasteiger partial charge is 0.355 e. The summed E-state index contributed by atoms with van der Waals surface area (Å²) in [5.74, 6) is 0.876. The molecule has 1 aliphatic heterocycles. The van der Waals surface area contributed by atoms with Gasteiger partial charge in [0, 0.05) is 37.5 Å². The molecule has 1 amide bonds. The molecule has 1 aromatic rings. The molecule has 140 valence electrons. The highest BCUT2D eigenvalue weighted by Crippen LogP contribution is 2.27. The highest BCUT2D eigenvalue weighted by atomic mass is 32.1. The Morgan fingerprint density at radius 1 is 1.24 bits per heavy atom. The Balaban J connectivity index is 1.78. The van der Waals surface area contributed by atoms with Crippen LogP contribution in [-0.2, 0) is 4.79 Å². The fraction of sp³-hybridized carbons (Fsp3) is 0.667. The first-order chi connectivity index (χ1) is 12.1. The van der Waals surface area contributed by atoms with Gasteiger partial charge in [-0.3, -0.25) is 14.7 Å². The lowest BCUT2D eigenvalue weighted by atomic mass is 10.2. The van der Waals surface area contributed by atoms with Gasteiger partial charge in [0.15, 0.2) is 5.96 Å². The molecule has 2 rings (SSSR count). The van der Waals surface area contributed by atoms with E-state index in [0.29, 0.717) is 19.1 Å². The van der Waals surface area contributed by atoms with Gasteiger partial charge in [0.1, 0.15) is 0 Å². The second-order valence-electron chi connectivity index (χ2n) is 6.60. The molecule has 1 saturated heterocycles. The Morgan fingerprint density at radius 3 is 2.56 bits per heavy atom. The lowest BCUT2D eigenvalue weighted by Crippen LogP contribution is -2.45. The fourth-order valence-electron chi connectivity index (χ4n) is 2.93. The van der Waals surface area contributed by atoms with Gasteiger partial charge in [-0.05, 0) is 37.4 Å². The maximum absolute atomic E-state index is 11.6. The van der Waals surface area contributed by atoms with E-state index in [4.69, 9.17) is 0 Å². The van der Waals surface area contributed by atoms with Crippen LogP contribution in [-0.4, -0.2) is 56.5 Å². The van der Waals surface area contributed by atoms with Crippen molar-refractivity contribution in [1.82, 2.24) is 20.9 Å². The summed E-state index contributed by atoms with van der Waals surface area (Å²) in [5, 5.41) is 11.7. The molecule has 0 radical (unpaired) electrons. The van der Waals surface area contributed by atoms with Crippen molar-refractivity contribution in [2.24, 2.45) is 10.9 Å². The van der Waals surface area contributed by atoms with E-state index < -0.39 is 0 Å². The first-order valence-corrected chi connectivity index (χ1v) is 9.99. The molecule has 0 bridgehead atoms. The summed E-state index contributed by atoms with van der Waals surface area (Å²) in [6, 6.07) is 4.72. The summed E-state index contributed by atoms with van der Waals surface area (Å²) in [7, 11) is 1.78. The van der Waals surface area contributed by atoms with E-state index in [0.717, 1.165) is 25.6 Å². The van der Waals surface area contributed by atoms with E-state index in [1.165, 1.54) is 17.7 Å². The van der Waals surface area contributed by atoms with Crippen LogP contribution >= 0.6 is 11.3 Å². The minimum atomic E-state index is 0.0180. The lowest BCUT2D eigenvalue weighted by molar-refractivity contribution is -0.123. The van der Waals surface area contributed by atoms with E-state index in [1.54, 1.807) is 7.05 Å². The van der Waals surface area contributed by atoms with Crippen molar-refractivity contribution in [3.8, 4) is 0 Å². The molecule has 3 N–H and O–H groups in total. The summed E-state index contributed by atoms with van der Waals surface area (Å²) in [6.07, 6.45) is 2.56.